The zero-order valence-corrected chi connectivity index (χ0v) is 7.04. The van der Waals surface area contributed by atoms with Gasteiger partial charge in [0, 0.05) is 12.1 Å². The predicted molar refractivity (Wildman–Crippen MR) is 46.8 cm³/mol. The second-order valence-electron chi connectivity index (χ2n) is 3.16. The summed E-state index contributed by atoms with van der Waals surface area (Å²) in [4.78, 5) is 0. The Kier molecular flexibility index (Phi) is 1.77. The normalized spacial score (nSPS) is 15.4. The van der Waals surface area contributed by atoms with Crippen LogP contribution in [0.15, 0.2) is 6.07 Å². The van der Waals surface area contributed by atoms with Crippen LogP contribution in [0.5, 0.6) is 17.2 Å². The lowest BCUT2D eigenvalue weighted by molar-refractivity contribution is 0.361. The van der Waals surface area contributed by atoms with Crippen molar-refractivity contribution in [3.8, 4) is 17.2 Å². The standard InChI is InChI=1S/C9H11NO3/c11-7-3-5-1-2-10-4-6(5)8(12)9(7)13/h3,10-13H,1-2,4H2. The number of hydrogen-bond acceptors (Lipinski definition) is 4. The van der Waals surface area contributed by atoms with E-state index in [2.05, 4.69) is 5.32 Å². The first-order valence-electron chi connectivity index (χ1n) is 4.16. The van der Waals surface area contributed by atoms with Gasteiger partial charge in [-0.3, -0.25) is 0 Å². The smallest absolute Gasteiger partial charge is 0.200 e. The Morgan fingerprint density at radius 2 is 1.92 bits per heavy atom. The van der Waals surface area contributed by atoms with Gasteiger partial charge in [0.2, 0.25) is 5.75 Å². The van der Waals surface area contributed by atoms with Crippen molar-refractivity contribution in [1.29, 1.82) is 0 Å². The van der Waals surface area contributed by atoms with Gasteiger partial charge in [0.1, 0.15) is 0 Å². The highest BCUT2D eigenvalue weighted by molar-refractivity contribution is 5.57. The average Bonchev–Trinajstić information content (AvgIpc) is 2.15. The largest absolute Gasteiger partial charge is 0.504 e. The topological polar surface area (TPSA) is 72.7 Å². The molecule has 0 bridgehead atoms. The molecule has 70 valence electrons. The van der Waals surface area contributed by atoms with Crippen LogP contribution in [0.2, 0.25) is 0 Å². The molecule has 2 rings (SSSR count). The molecule has 0 radical (unpaired) electrons. The molecule has 1 aliphatic heterocycles. The SMILES string of the molecule is Oc1cc2c(c(O)c1O)CNCC2. The van der Waals surface area contributed by atoms with E-state index in [1.807, 2.05) is 0 Å². The van der Waals surface area contributed by atoms with Crippen molar-refractivity contribution in [1.82, 2.24) is 5.32 Å². The number of phenols is 3. The van der Waals surface area contributed by atoms with E-state index >= 15 is 0 Å². The van der Waals surface area contributed by atoms with Crippen LogP contribution in [0.3, 0.4) is 0 Å². The fourth-order valence-electron chi connectivity index (χ4n) is 1.59. The lowest BCUT2D eigenvalue weighted by Crippen LogP contribution is -2.23. The molecule has 0 atom stereocenters. The molecule has 0 unspecified atom stereocenters. The number of phenolic OH excluding ortho intramolecular Hbond substituents is 3. The van der Waals surface area contributed by atoms with Crippen LogP contribution in [-0.2, 0) is 13.0 Å². The Balaban J connectivity index is 2.60. The van der Waals surface area contributed by atoms with Gasteiger partial charge in [0.25, 0.3) is 0 Å². The quantitative estimate of drug-likeness (QED) is 0.438. The van der Waals surface area contributed by atoms with E-state index in [0.29, 0.717) is 12.1 Å². The van der Waals surface area contributed by atoms with Gasteiger partial charge in [-0.05, 0) is 24.6 Å². The van der Waals surface area contributed by atoms with E-state index in [0.717, 1.165) is 18.5 Å². The fourth-order valence-corrected chi connectivity index (χ4v) is 1.59. The molecule has 0 saturated heterocycles. The summed E-state index contributed by atoms with van der Waals surface area (Å²) in [6.45, 7) is 1.37. The van der Waals surface area contributed by atoms with Gasteiger partial charge in [0.05, 0.1) is 0 Å². The molecule has 4 heteroatoms. The van der Waals surface area contributed by atoms with Gasteiger partial charge in [-0.15, -0.1) is 0 Å². The molecular formula is C9H11NO3. The fraction of sp³-hybridized carbons (Fsp3) is 0.333. The molecular weight excluding hydrogens is 170 g/mol. The third-order valence-corrected chi connectivity index (χ3v) is 2.32. The van der Waals surface area contributed by atoms with Gasteiger partial charge in [-0.25, -0.2) is 0 Å². The van der Waals surface area contributed by atoms with Crippen LogP contribution < -0.4 is 5.32 Å². The van der Waals surface area contributed by atoms with Crippen LogP contribution in [0.25, 0.3) is 0 Å². The van der Waals surface area contributed by atoms with Crippen LogP contribution in [0.1, 0.15) is 11.1 Å². The number of fused-ring (bicyclic) bond motifs is 1. The van der Waals surface area contributed by atoms with Crippen LogP contribution in [0.4, 0.5) is 0 Å². The van der Waals surface area contributed by atoms with Crippen molar-refractivity contribution < 1.29 is 15.3 Å². The summed E-state index contributed by atoms with van der Waals surface area (Å²) in [5, 5.41) is 31.0. The number of nitrogens with one attached hydrogen (secondary N) is 1. The maximum atomic E-state index is 9.47. The molecule has 13 heavy (non-hydrogen) atoms. The third kappa shape index (κ3) is 1.19. The summed E-state index contributed by atoms with van der Waals surface area (Å²) in [5.74, 6) is -0.886. The first-order valence-corrected chi connectivity index (χ1v) is 4.16. The summed E-state index contributed by atoms with van der Waals surface area (Å²) >= 11 is 0. The Labute approximate surface area is 75.5 Å². The molecule has 0 amide bonds. The summed E-state index contributed by atoms with van der Waals surface area (Å²) < 4.78 is 0. The summed E-state index contributed by atoms with van der Waals surface area (Å²) in [6.07, 6.45) is 0.761. The molecule has 4 nitrogen and oxygen atoms in total. The number of benzene rings is 1. The minimum atomic E-state index is -0.428. The molecule has 4 N–H and O–H groups in total. The highest BCUT2D eigenvalue weighted by Gasteiger charge is 2.18. The minimum absolute atomic E-state index is 0.206. The van der Waals surface area contributed by atoms with Gasteiger partial charge in [0.15, 0.2) is 11.5 Å². The zero-order chi connectivity index (χ0) is 9.42. The van der Waals surface area contributed by atoms with Gasteiger partial charge in [-0.1, -0.05) is 0 Å². The highest BCUT2D eigenvalue weighted by Crippen LogP contribution is 2.40. The molecule has 1 aromatic carbocycles. The van der Waals surface area contributed by atoms with Crippen molar-refractivity contribution in [3.63, 3.8) is 0 Å². The minimum Gasteiger partial charge on any atom is -0.504 e. The number of hydrogen-bond donors (Lipinski definition) is 4. The van der Waals surface area contributed by atoms with E-state index in [1.54, 1.807) is 0 Å². The molecule has 1 aliphatic rings. The second-order valence-corrected chi connectivity index (χ2v) is 3.16. The van der Waals surface area contributed by atoms with Crippen molar-refractivity contribution in [2.24, 2.45) is 0 Å². The molecule has 0 fully saturated rings. The van der Waals surface area contributed by atoms with Gasteiger partial charge in [-0.2, -0.15) is 0 Å². The lowest BCUT2D eigenvalue weighted by Gasteiger charge is -2.19. The monoisotopic (exact) mass is 181 g/mol. The van der Waals surface area contributed by atoms with Gasteiger partial charge >= 0.3 is 0 Å². The number of aromatic hydroxyl groups is 3. The first kappa shape index (κ1) is 8.19. The van der Waals surface area contributed by atoms with Crippen molar-refractivity contribution in [2.45, 2.75) is 13.0 Å². The van der Waals surface area contributed by atoms with Crippen molar-refractivity contribution in [2.75, 3.05) is 6.54 Å². The molecule has 0 aromatic heterocycles. The number of rotatable bonds is 0. The highest BCUT2D eigenvalue weighted by atomic mass is 16.3. The maximum Gasteiger partial charge on any atom is 0.200 e. The first-order chi connectivity index (χ1) is 6.20. The molecule has 0 saturated carbocycles. The Bertz CT molecular complexity index is 349. The molecule has 0 aliphatic carbocycles. The molecule has 0 spiro atoms. The van der Waals surface area contributed by atoms with E-state index in [-0.39, 0.29) is 11.5 Å². The lowest BCUT2D eigenvalue weighted by atomic mass is 9.99. The van der Waals surface area contributed by atoms with Crippen LogP contribution >= 0.6 is 0 Å². The summed E-state index contributed by atoms with van der Waals surface area (Å²) in [7, 11) is 0. The Morgan fingerprint density at radius 3 is 2.69 bits per heavy atom. The Morgan fingerprint density at radius 1 is 1.15 bits per heavy atom. The van der Waals surface area contributed by atoms with E-state index in [1.165, 1.54) is 6.07 Å². The van der Waals surface area contributed by atoms with E-state index in [4.69, 9.17) is 0 Å². The van der Waals surface area contributed by atoms with E-state index < -0.39 is 5.75 Å². The second kappa shape index (κ2) is 2.81. The Hall–Kier alpha value is -1.42. The summed E-state index contributed by atoms with van der Waals surface area (Å²) in [5.41, 5.74) is 1.58. The molecule has 1 heterocycles. The van der Waals surface area contributed by atoms with Crippen molar-refractivity contribution >= 4 is 0 Å². The van der Waals surface area contributed by atoms with E-state index in [9.17, 15) is 15.3 Å². The van der Waals surface area contributed by atoms with Crippen LogP contribution in [-0.4, -0.2) is 21.9 Å². The van der Waals surface area contributed by atoms with Crippen LogP contribution in [0, 0.1) is 0 Å². The van der Waals surface area contributed by atoms with Crippen molar-refractivity contribution in [3.05, 3.63) is 17.2 Å². The zero-order valence-electron chi connectivity index (χ0n) is 7.04. The third-order valence-electron chi connectivity index (χ3n) is 2.32. The van der Waals surface area contributed by atoms with Gasteiger partial charge < -0.3 is 20.6 Å². The molecule has 1 aromatic rings. The summed E-state index contributed by atoms with van der Waals surface area (Å²) in [6, 6.07) is 1.51. The maximum absolute atomic E-state index is 9.47. The predicted octanol–water partition coefficient (Wildman–Crippen LogP) is 0.449. The average molecular weight is 181 g/mol.